The molecule has 0 radical (unpaired) electrons. The molecule has 2 aromatic rings. The van der Waals surface area contributed by atoms with E-state index < -0.39 is 0 Å². The number of hydrogen-bond donors (Lipinski definition) is 1. The van der Waals surface area contributed by atoms with Gasteiger partial charge in [-0.3, -0.25) is 4.79 Å². The molecule has 1 N–H and O–H groups in total. The van der Waals surface area contributed by atoms with Crippen molar-refractivity contribution in [2.45, 2.75) is 20.8 Å². The second-order valence-electron chi connectivity index (χ2n) is 5.57. The number of rotatable bonds is 4. The highest BCUT2D eigenvalue weighted by atomic mass is 19.1. The Morgan fingerprint density at radius 2 is 1.88 bits per heavy atom. The number of carbonyl (C=O) groups is 1. The number of benzene rings is 1. The maximum atomic E-state index is 13.0. The first-order valence-electron chi connectivity index (χ1n) is 7.49. The number of amides is 1. The third-order valence-electron chi connectivity index (χ3n) is 4.10. The zero-order chi connectivity index (χ0) is 17.9. The number of pyridine rings is 1. The zero-order valence-electron chi connectivity index (χ0n) is 14.1. The zero-order valence-corrected chi connectivity index (χ0v) is 14.1. The number of nitrogens with zero attached hydrogens (tertiary/aromatic N) is 3. The van der Waals surface area contributed by atoms with Gasteiger partial charge in [0, 0.05) is 18.4 Å². The molecule has 0 bridgehead atoms. The third kappa shape index (κ3) is 3.51. The van der Waals surface area contributed by atoms with Gasteiger partial charge in [-0.1, -0.05) is 0 Å². The van der Waals surface area contributed by atoms with Gasteiger partial charge in [-0.05, 0) is 56.2 Å². The van der Waals surface area contributed by atoms with E-state index in [-0.39, 0.29) is 18.3 Å². The fourth-order valence-corrected chi connectivity index (χ4v) is 2.30. The van der Waals surface area contributed by atoms with Gasteiger partial charge >= 0.3 is 0 Å². The van der Waals surface area contributed by atoms with Crippen LogP contribution in [0.1, 0.15) is 22.4 Å². The molecule has 0 fully saturated rings. The average Bonchev–Trinajstić information content (AvgIpc) is 2.57. The minimum absolute atomic E-state index is 0.0164. The highest BCUT2D eigenvalue weighted by Crippen LogP contribution is 2.22. The lowest BCUT2D eigenvalue weighted by Gasteiger charge is -2.19. The molecular formula is C18H19FN4O. The lowest BCUT2D eigenvalue weighted by molar-refractivity contribution is -0.116. The van der Waals surface area contributed by atoms with Crippen molar-refractivity contribution in [3.63, 3.8) is 0 Å². The molecule has 6 heteroatoms. The van der Waals surface area contributed by atoms with Crippen molar-refractivity contribution < 1.29 is 9.18 Å². The summed E-state index contributed by atoms with van der Waals surface area (Å²) in [6, 6.07) is 7.80. The molecule has 1 aromatic heterocycles. The molecule has 0 spiro atoms. The summed E-state index contributed by atoms with van der Waals surface area (Å²) >= 11 is 0. The van der Waals surface area contributed by atoms with Gasteiger partial charge in [0.2, 0.25) is 5.91 Å². The Balaban J connectivity index is 2.15. The molecule has 124 valence electrons. The Labute approximate surface area is 140 Å². The number of carbonyl (C=O) groups excluding carboxylic acids is 1. The van der Waals surface area contributed by atoms with Crippen LogP contribution in [0.3, 0.4) is 0 Å². The molecule has 1 aromatic carbocycles. The number of nitriles is 1. The lowest BCUT2D eigenvalue weighted by atomic mass is 10.0. The van der Waals surface area contributed by atoms with Crippen LogP contribution in [0.25, 0.3) is 0 Å². The molecule has 1 heterocycles. The van der Waals surface area contributed by atoms with Gasteiger partial charge in [0.15, 0.2) is 0 Å². The fourth-order valence-electron chi connectivity index (χ4n) is 2.30. The van der Waals surface area contributed by atoms with Gasteiger partial charge in [-0.2, -0.15) is 5.26 Å². The predicted octanol–water partition coefficient (Wildman–Crippen LogP) is 3.09. The summed E-state index contributed by atoms with van der Waals surface area (Å²) in [4.78, 5) is 18.1. The number of nitrogens with one attached hydrogen (secondary N) is 1. The van der Waals surface area contributed by atoms with E-state index in [1.54, 1.807) is 7.05 Å². The highest BCUT2D eigenvalue weighted by molar-refractivity contribution is 5.95. The summed E-state index contributed by atoms with van der Waals surface area (Å²) < 4.78 is 13.0. The first kappa shape index (κ1) is 17.4. The lowest BCUT2D eigenvalue weighted by Crippen LogP contribution is -2.32. The highest BCUT2D eigenvalue weighted by Gasteiger charge is 2.15. The number of aryl methyl sites for hydroxylation is 1. The number of likely N-dealkylation sites (N-methyl/N-ethyl adjacent to an activating group) is 1. The molecule has 24 heavy (non-hydrogen) atoms. The van der Waals surface area contributed by atoms with Crippen LogP contribution in [0, 0.1) is 37.9 Å². The summed E-state index contributed by atoms with van der Waals surface area (Å²) in [5.74, 6) is -0.173. The number of halogens is 1. The van der Waals surface area contributed by atoms with Crippen molar-refractivity contribution in [1.82, 2.24) is 4.98 Å². The van der Waals surface area contributed by atoms with Crippen molar-refractivity contribution in [1.29, 1.82) is 5.26 Å². The SMILES string of the molecule is Cc1nc(NCC(=O)N(C)c2ccc(F)cc2)c(C#N)c(C)c1C. The fraction of sp³-hybridized carbons (Fsp3) is 0.278. The predicted molar refractivity (Wildman–Crippen MR) is 91.5 cm³/mol. The molecule has 0 aliphatic rings. The number of anilines is 2. The van der Waals surface area contributed by atoms with Gasteiger partial charge < -0.3 is 10.2 Å². The van der Waals surface area contributed by atoms with Crippen LogP contribution in [0.2, 0.25) is 0 Å². The Morgan fingerprint density at radius 1 is 1.25 bits per heavy atom. The molecule has 0 atom stereocenters. The first-order chi connectivity index (χ1) is 11.3. The molecule has 1 amide bonds. The van der Waals surface area contributed by atoms with Crippen LogP contribution >= 0.6 is 0 Å². The summed E-state index contributed by atoms with van der Waals surface area (Å²) in [6.45, 7) is 5.62. The summed E-state index contributed by atoms with van der Waals surface area (Å²) in [5, 5.41) is 12.3. The Bertz CT molecular complexity index is 809. The standard InChI is InChI=1S/C18H19FN4O/c1-11-12(2)16(9-20)18(22-13(11)3)21-10-17(24)23(4)15-7-5-14(19)6-8-15/h5-8H,10H2,1-4H3,(H,21,22). The second-order valence-corrected chi connectivity index (χ2v) is 5.57. The summed E-state index contributed by atoms with van der Waals surface area (Å²) in [7, 11) is 1.61. The van der Waals surface area contributed by atoms with E-state index in [1.165, 1.54) is 29.2 Å². The van der Waals surface area contributed by atoms with Crippen LogP contribution in [0.5, 0.6) is 0 Å². The van der Waals surface area contributed by atoms with E-state index in [0.717, 1.165) is 16.8 Å². The van der Waals surface area contributed by atoms with Gasteiger partial charge in [0.05, 0.1) is 12.1 Å². The minimum Gasteiger partial charge on any atom is -0.360 e. The topological polar surface area (TPSA) is 69.0 Å². The minimum atomic E-state index is -0.355. The number of aromatic nitrogens is 1. The molecule has 0 saturated carbocycles. The van der Waals surface area contributed by atoms with E-state index in [0.29, 0.717) is 17.1 Å². The van der Waals surface area contributed by atoms with Crippen molar-refractivity contribution in [2.24, 2.45) is 0 Å². The van der Waals surface area contributed by atoms with Crippen molar-refractivity contribution in [3.05, 3.63) is 52.5 Å². The first-order valence-corrected chi connectivity index (χ1v) is 7.49. The normalized spacial score (nSPS) is 10.2. The van der Waals surface area contributed by atoms with E-state index in [4.69, 9.17) is 0 Å². The summed E-state index contributed by atoms with van der Waals surface area (Å²) in [6.07, 6.45) is 0. The summed E-state index contributed by atoms with van der Waals surface area (Å²) in [5.41, 5.74) is 3.66. The Morgan fingerprint density at radius 3 is 2.46 bits per heavy atom. The van der Waals surface area contributed by atoms with Crippen molar-refractivity contribution in [3.8, 4) is 6.07 Å². The van der Waals surface area contributed by atoms with Crippen LogP contribution in [0.4, 0.5) is 15.9 Å². The molecule has 0 aliphatic carbocycles. The van der Waals surface area contributed by atoms with Crippen molar-refractivity contribution >= 4 is 17.4 Å². The second kappa shape index (κ2) is 7.09. The Kier molecular flexibility index (Phi) is 5.14. The van der Waals surface area contributed by atoms with Gasteiger partial charge in [0.1, 0.15) is 17.7 Å². The van der Waals surface area contributed by atoms with Crippen LogP contribution in [0.15, 0.2) is 24.3 Å². The van der Waals surface area contributed by atoms with E-state index in [1.807, 2.05) is 20.8 Å². The molecule has 5 nitrogen and oxygen atoms in total. The third-order valence-corrected chi connectivity index (χ3v) is 4.10. The maximum absolute atomic E-state index is 13.0. The molecule has 2 rings (SSSR count). The largest absolute Gasteiger partial charge is 0.360 e. The quantitative estimate of drug-likeness (QED) is 0.937. The van der Waals surface area contributed by atoms with Crippen LogP contribution < -0.4 is 10.2 Å². The van der Waals surface area contributed by atoms with E-state index in [9.17, 15) is 14.4 Å². The monoisotopic (exact) mass is 326 g/mol. The molecule has 0 saturated heterocycles. The molecule has 0 aliphatic heterocycles. The van der Waals surface area contributed by atoms with Gasteiger partial charge in [-0.25, -0.2) is 9.37 Å². The van der Waals surface area contributed by atoms with Gasteiger partial charge in [0.25, 0.3) is 0 Å². The molecule has 0 unspecified atom stereocenters. The van der Waals surface area contributed by atoms with E-state index in [2.05, 4.69) is 16.4 Å². The average molecular weight is 326 g/mol. The maximum Gasteiger partial charge on any atom is 0.246 e. The number of hydrogen-bond acceptors (Lipinski definition) is 4. The van der Waals surface area contributed by atoms with Gasteiger partial charge in [-0.15, -0.1) is 0 Å². The van der Waals surface area contributed by atoms with E-state index >= 15 is 0 Å². The van der Waals surface area contributed by atoms with Crippen LogP contribution in [-0.4, -0.2) is 24.5 Å². The Hall–Kier alpha value is -2.94. The molecular weight excluding hydrogens is 307 g/mol. The smallest absolute Gasteiger partial charge is 0.246 e. The van der Waals surface area contributed by atoms with Crippen LogP contribution in [-0.2, 0) is 4.79 Å². The van der Waals surface area contributed by atoms with Crippen molar-refractivity contribution in [2.75, 3.05) is 23.8 Å².